The Hall–Kier alpha value is -7.74. The van der Waals surface area contributed by atoms with Crippen LogP contribution in [0, 0.1) is 32.1 Å². The summed E-state index contributed by atoms with van der Waals surface area (Å²) in [5.74, 6) is 0. The Labute approximate surface area is 371 Å². The van der Waals surface area contributed by atoms with Crippen LogP contribution in [0.25, 0.3) is 67.2 Å². The van der Waals surface area contributed by atoms with Crippen LogP contribution in [-0.2, 0) is 25.7 Å². The number of rotatable bonds is 12. The highest BCUT2D eigenvalue weighted by Gasteiger charge is 2.16. The summed E-state index contributed by atoms with van der Waals surface area (Å²) >= 11 is 0. The summed E-state index contributed by atoms with van der Waals surface area (Å²) in [6, 6.07) is 63.1. The van der Waals surface area contributed by atoms with Gasteiger partial charge < -0.3 is 0 Å². The molecule has 6 aromatic carbocycles. The van der Waals surface area contributed by atoms with Gasteiger partial charge in [0, 0.05) is 35.3 Å². The zero-order valence-electron chi connectivity index (χ0n) is 36.0. The van der Waals surface area contributed by atoms with E-state index in [4.69, 9.17) is 4.98 Å². The van der Waals surface area contributed by atoms with Crippen molar-refractivity contribution in [3.63, 3.8) is 0 Å². The first-order valence-electron chi connectivity index (χ1n) is 21.7. The van der Waals surface area contributed by atoms with Crippen molar-refractivity contribution in [3.8, 4) is 73.2 Å². The first kappa shape index (κ1) is 40.7. The molecule has 9 aromatic rings. The van der Waals surface area contributed by atoms with Gasteiger partial charge in [-0.2, -0.15) is 5.26 Å². The van der Waals surface area contributed by atoms with Crippen molar-refractivity contribution in [3.05, 3.63) is 233 Å². The van der Waals surface area contributed by atoms with Crippen molar-refractivity contribution in [2.24, 2.45) is 0 Å². The molecule has 0 saturated carbocycles. The number of nitrogens with zero attached hydrogens (tertiary/aromatic N) is 4. The number of nitriles is 1. The molecule has 0 radical (unpaired) electrons. The minimum Gasteiger partial charge on any atom is -0.256 e. The van der Waals surface area contributed by atoms with Crippen molar-refractivity contribution in [1.82, 2.24) is 15.0 Å². The molecule has 0 saturated heterocycles. The fourth-order valence-electron chi connectivity index (χ4n) is 8.42. The Morgan fingerprint density at radius 3 is 1.27 bits per heavy atom. The summed E-state index contributed by atoms with van der Waals surface area (Å²) in [5.41, 5.74) is 22.5. The Balaban J connectivity index is 1.08. The van der Waals surface area contributed by atoms with Crippen LogP contribution in [0.2, 0.25) is 0 Å². The van der Waals surface area contributed by atoms with Gasteiger partial charge in [0.2, 0.25) is 0 Å². The molecule has 0 amide bonds. The first-order chi connectivity index (χ1) is 30.8. The Kier molecular flexibility index (Phi) is 11.9. The van der Waals surface area contributed by atoms with Crippen LogP contribution in [0.1, 0.15) is 44.5 Å². The lowest BCUT2D eigenvalue weighted by molar-refractivity contribution is 0.931. The zero-order chi connectivity index (χ0) is 43.1. The molecule has 4 heteroatoms. The van der Waals surface area contributed by atoms with Gasteiger partial charge in [0.15, 0.2) is 0 Å². The molecule has 3 aromatic heterocycles. The van der Waals surface area contributed by atoms with Crippen molar-refractivity contribution in [2.75, 3.05) is 0 Å². The molecule has 0 aliphatic heterocycles. The summed E-state index contributed by atoms with van der Waals surface area (Å²) in [7, 11) is 0. The predicted molar refractivity (Wildman–Crippen MR) is 259 cm³/mol. The van der Waals surface area contributed by atoms with E-state index in [9.17, 15) is 5.26 Å². The van der Waals surface area contributed by atoms with Gasteiger partial charge in [0.1, 0.15) is 0 Å². The van der Waals surface area contributed by atoms with E-state index in [1.807, 2.05) is 48.9 Å². The standard InChI is InChI=1S/C59H48N4/c1-40-26-29-61-57(32-40)49-20-12-43(13-21-49)8-10-46-35-47(11-9-44-14-22-50(23-15-44)58-33-41(2)27-30-62-58)37-52(36-46)53-6-4-5-7-54(53)55-25-24-51(59-34-42(3)28-31-63-59)38-56(55)48-18-16-45(39-60)17-19-48/h4-7,12-38H,8-11H2,1-3H3. The van der Waals surface area contributed by atoms with Gasteiger partial charge in [0.05, 0.1) is 28.7 Å². The molecule has 0 aliphatic carbocycles. The molecular weight excluding hydrogens is 765 g/mol. The van der Waals surface area contributed by atoms with Crippen molar-refractivity contribution < 1.29 is 0 Å². The third-order valence-electron chi connectivity index (χ3n) is 11.9. The molecule has 4 nitrogen and oxygen atoms in total. The second-order valence-electron chi connectivity index (χ2n) is 16.6. The van der Waals surface area contributed by atoms with Crippen LogP contribution in [0.15, 0.2) is 188 Å². The minimum absolute atomic E-state index is 0.639. The molecule has 3 heterocycles. The van der Waals surface area contributed by atoms with Crippen molar-refractivity contribution >= 4 is 0 Å². The summed E-state index contributed by atoms with van der Waals surface area (Å²) in [4.78, 5) is 13.9. The van der Waals surface area contributed by atoms with E-state index in [-0.39, 0.29) is 0 Å². The van der Waals surface area contributed by atoms with Gasteiger partial charge in [-0.25, -0.2) is 0 Å². The average Bonchev–Trinajstić information content (AvgIpc) is 3.33. The number of aromatic nitrogens is 3. The molecule has 63 heavy (non-hydrogen) atoms. The van der Waals surface area contributed by atoms with Crippen LogP contribution in [0.4, 0.5) is 0 Å². The van der Waals surface area contributed by atoms with Crippen LogP contribution in [-0.4, -0.2) is 15.0 Å². The number of aryl methyl sites for hydroxylation is 7. The molecule has 0 fully saturated rings. The van der Waals surface area contributed by atoms with Gasteiger partial charge in [-0.15, -0.1) is 0 Å². The van der Waals surface area contributed by atoms with E-state index in [1.54, 1.807) is 0 Å². The monoisotopic (exact) mass is 812 g/mol. The maximum absolute atomic E-state index is 9.63. The third-order valence-corrected chi connectivity index (χ3v) is 11.9. The Morgan fingerprint density at radius 2 is 0.778 bits per heavy atom. The third kappa shape index (κ3) is 9.60. The Bertz CT molecular complexity index is 2970. The van der Waals surface area contributed by atoms with Crippen LogP contribution in [0.3, 0.4) is 0 Å². The molecule has 0 bridgehead atoms. The maximum Gasteiger partial charge on any atom is 0.0991 e. The highest BCUT2D eigenvalue weighted by molar-refractivity contribution is 5.93. The van der Waals surface area contributed by atoms with Gasteiger partial charge >= 0.3 is 0 Å². The Morgan fingerprint density at radius 1 is 0.349 bits per heavy atom. The van der Waals surface area contributed by atoms with Crippen molar-refractivity contribution in [2.45, 2.75) is 46.5 Å². The van der Waals surface area contributed by atoms with Gasteiger partial charge in [-0.1, -0.05) is 115 Å². The van der Waals surface area contributed by atoms with E-state index >= 15 is 0 Å². The lowest BCUT2D eigenvalue weighted by atomic mass is 9.86. The maximum atomic E-state index is 9.63. The highest BCUT2D eigenvalue weighted by atomic mass is 14.7. The molecule has 0 N–H and O–H groups in total. The van der Waals surface area contributed by atoms with Gasteiger partial charge in [-0.05, 0) is 173 Å². The van der Waals surface area contributed by atoms with E-state index in [1.165, 1.54) is 44.5 Å². The molecule has 0 aliphatic rings. The lowest BCUT2D eigenvalue weighted by Gasteiger charge is -2.18. The largest absolute Gasteiger partial charge is 0.256 e. The molecule has 0 atom stereocenters. The summed E-state index contributed by atoms with van der Waals surface area (Å²) in [6.45, 7) is 6.31. The number of benzene rings is 6. The molecule has 304 valence electrons. The van der Waals surface area contributed by atoms with Crippen LogP contribution < -0.4 is 0 Å². The van der Waals surface area contributed by atoms with Gasteiger partial charge in [-0.3, -0.25) is 15.0 Å². The normalized spacial score (nSPS) is 11.0. The van der Waals surface area contributed by atoms with E-state index in [0.717, 1.165) is 87.3 Å². The van der Waals surface area contributed by atoms with Gasteiger partial charge in [0.25, 0.3) is 0 Å². The smallest absolute Gasteiger partial charge is 0.0991 e. The summed E-state index contributed by atoms with van der Waals surface area (Å²) < 4.78 is 0. The quantitative estimate of drug-likeness (QED) is 0.123. The van der Waals surface area contributed by atoms with E-state index < -0.39 is 0 Å². The molecule has 0 spiro atoms. The topological polar surface area (TPSA) is 62.5 Å². The van der Waals surface area contributed by atoms with Crippen molar-refractivity contribution in [1.29, 1.82) is 5.26 Å². The number of hydrogen-bond acceptors (Lipinski definition) is 4. The van der Waals surface area contributed by atoms with E-state index in [2.05, 4.69) is 176 Å². The fraction of sp³-hybridized carbons (Fsp3) is 0.119. The second-order valence-corrected chi connectivity index (χ2v) is 16.6. The molecular formula is C59H48N4. The number of pyridine rings is 3. The van der Waals surface area contributed by atoms with E-state index in [0.29, 0.717) is 5.56 Å². The average molecular weight is 813 g/mol. The first-order valence-corrected chi connectivity index (χ1v) is 21.7. The highest BCUT2D eigenvalue weighted by Crippen LogP contribution is 2.41. The molecule has 0 unspecified atom stereocenters. The zero-order valence-corrected chi connectivity index (χ0v) is 36.0. The molecule has 9 rings (SSSR count). The van der Waals surface area contributed by atoms with Crippen LogP contribution >= 0.6 is 0 Å². The second kappa shape index (κ2) is 18.5. The fourth-order valence-corrected chi connectivity index (χ4v) is 8.42. The predicted octanol–water partition coefficient (Wildman–Crippen LogP) is 14.2. The van der Waals surface area contributed by atoms with Crippen LogP contribution in [0.5, 0.6) is 0 Å². The number of hydrogen-bond donors (Lipinski definition) is 0. The summed E-state index contributed by atoms with van der Waals surface area (Å²) in [5, 5.41) is 9.63. The lowest BCUT2D eigenvalue weighted by Crippen LogP contribution is -1.98. The minimum atomic E-state index is 0.639. The summed E-state index contributed by atoms with van der Waals surface area (Å²) in [6.07, 6.45) is 9.32. The SMILES string of the molecule is Cc1ccnc(-c2ccc(CCc3cc(CCc4ccc(-c5cc(C)ccn5)cc4)cc(-c4ccccc4-c4ccc(-c5cc(C)ccn5)cc4-c4ccc(C#N)cc4)c3)cc2)c1.